The zero-order valence-electron chi connectivity index (χ0n) is 11.2. The van der Waals surface area contributed by atoms with Crippen molar-refractivity contribution < 1.29 is 9.53 Å². The van der Waals surface area contributed by atoms with Gasteiger partial charge in [-0.3, -0.25) is 9.48 Å². The van der Waals surface area contributed by atoms with Crippen molar-refractivity contribution in [2.75, 3.05) is 18.5 Å². The molecule has 20 heavy (non-hydrogen) atoms. The van der Waals surface area contributed by atoms with Gasteiger partial charge in [-0.15, -0.1) is 0 Å². The third kappa shape index (κ3) is 3.05. The van der Waals surface area contributed by atoms with Crippen molar-refractivity contribution in [2.24, 2.45) is 5.92 Å². The van der Waals surface area contributed by atoms with Crippen LogP contribution >= 0.6 is 0 Å². The van der Waals surface area contributed by atoms with E-state index >= 15 is 0 Å². The second kappa shape index (κ2) is 5.88. The van der Waals surface area contributed by atoms with Gasteiger partial charge in [-0.2, -0.15) is 5.10 Å². The van der Waals surface area contributed by atoms with E-state index in [-0.39, 0.29) is 11.8 Å². The van der Waals surface area contributed by atoms with Crippen LogP contribution in [0.25, 0.3) is 0 Å². The van der Waals surface area contributed by atoms with Crippen molar-refractivity contribution in [1.82, 2.24) is 9.78 Å². The largest absolute Gasteiger partial charge is 0.381 e. The third-order valence-electron chi connectivity index (χ3n) is 3.40. The van der Waals surface area contributed by atoms with Gasteiger partial charge in [-0.25, -0.2) is 0 Å². The van der Waals surface area contributed by atoms with E-state index in [0.717, 1.165) is 17.7 Å². The fraction of sp³-hybridized carbons (Fsp3) is 0.333. The molecule has 1 atom stereocenters. The standard InChI is InChI=1S/C15H17N3O2/c19-15(13-5-8-20-11-13)17-14-4-1-3-12(9-14)10-18-7-2-6-16-18/h1-4,6-7,9,13H,5,8,10-11H2,(H,17,19). The highest BCUT2D eigenvalue weighted by molar-refractivity contribution is 5.92. The fourth-order valence-corrected chi connectivity index (χ4v) is 2.31. The average molecular weight is 271 g/mol. The van der Waals surface area contributed by atoms with Gasteiger partial charge >= 0.3 is 0 Å². The molecule has 3 rings (SSSR count). The van der Waals surface area contributed by atoms with Crippen molar-refractivity contribution in [3.63, 3.8) is 0 Å². The topological polar surface area (TPSA) is 56.2 Å². The number of nitrogens with zero attached hydrogens (tertiary/aromatic N) is 2. The number of anilines is 1. The van der Waals surface area contributed by atoms with Gasteiger partial charge in [0.25, 0.3) is 0 Å². The van der Waals surface area contributed by atoms with Gasteiger partial charge in [0.15, 0.2) is 0 Å². The molecule has 1 aliphatic heterocycles. The number of carbonyl (C=O) groups is 1. The number of ether oxygens (including phenoxy) is 1. The SMILES string of the molecule is O=C(Nc1cccc(Cn2cccn2)c1)C1CCOC1. The number of nitrogens with one attached hydrogen (secondary N) is 1. The van der Waals surface area contributed by atoms with Crippen LogP contribution in [0.3, 0.4) is 0 Å². The maximum atomic E-state index is 12.0. The monoisotopic (exact) mass is 271 g/mol. The molecule has 5 heteroatoms. The zero-order chi connectivity index (χ0) is 13.8. The highest BCUT2D eigenvalue weighted by atomic mass is 16.5. The van der Waals surface area contributed by atoms with E-state index in [1.807, 2.05) is 41.2 Å². The Labute approximate surface area is 117 Å². The minimum atomic E-state index is -0.0234. The van der Waals surface area contributed by atoms with E-state index in [0.29, 0.717) is 19.8 Å². The number of rotatable bonds is 4. The summed E-state index contributed by atoms with van der Waals surface area (Å²) in [6.07, 6.45) is 4.48. The van der Waals surface area contributed by atoms with E-state index < -0.39 is 0 Å². The quantitative estimate of drug-likeness (QED) is 0.924. The summed E-state index contributed by atoms with van der Waals surface area (Å²) in [5.74, 6) is 0.0171. The van der Waals surface area contributed by atoms with Gasteiger partial charge in [0.2, 0.25) is 5.91 Å². The lowest BCUT2D eigenvalue weighted by molar-refractivity contribution is -0.119. The van der Waals surface area contributed by atoms with Crippen molar-refractivity contribution in [3.8, 4) is 0 Å². The van der Waals surface area contributed by atoms with Crippen LogP contribution in [-0.2, 0) is 16.1 Å². The smallest absolute Gasteiger partial charge is 0.229 e. The van der Waals surface area contributed by atoms with Crippen LogP contribution in [0.4, 0.5) is 5.69 Å². The summed E-state index contributed by atoms with van der Waals surface area (Å²) >= 11 is 0. The summed E-state index contributed by atoms with van der Waals surface area (Å²) in [5, 5.41) is 7.13. The number of hydrogen-bond acceptors (Lipinski definition) is 3. The first kappa shape index (κ1) is 12.9. The van der Waals surface area contributed by atoms with E-state index in [2.05, 4.69) is 10.4 Å². The Kier molecular flexibility index (Phi) is 3.78. The van der Waals surface area contributed by atoms with Gasteiger partial charge < -0.3 is 10.1 Å². The van der Waals surface area contributed by atoms with Crippen molar-refractivity contribution in [2.45, 2.75) is 13.0 Å². The minimum absolute atomic E-state index is 0.0234. The lowest BCUT2D eigenvalue weighted by Gasteiger charge is -2.10. The molecule has 1 aliphatic rings. The predicted molar refractivity (Wildman–Crippen MR) is 75.3 cm³/mol. The zero-order valence-corrected chi connectivity index (χ0v) is 11.2. The number of aromatic nitrogens is 2. The first-order valence-electron chi connectivity index (χ1n) is 6.76. The van der Waals surface area contributed by atoms with Crippen LogP contribution in [-0.4, -0.2) is 28.9 Å². The molecule has 1 amide bonds. The molecule has 0 bridgehead atoms. The molecular formula is C15H17N3O2. The fourth-order valence-electron chi connectivity index (χ4n) is 2.31. The molecule has 2 aromatic rings. The summed E-state index contributed by atoms with van der Waals surface area (Å²) in [5.41, 5.74) is 1.93. The highest BCUT2D eigenvalue weighted by Gasteiger charge is 2.23. The van der Waals surface area contributed by atoms with Gasteiger partial charge in [0.05, 0.1) is 19.1 Å². The van der Waals surface area contributed by atoms with Crippen LogP contribution in [0.1, 0.15) is 12.0 Å². The lowest BCUT2D eigenvalue weighted by atomic mass is 10.1. The van der Waals surface area contributed by atoms with Gasteiger partial charge in [0, 0.05) is 24.7 Å². The van der Waals surface area contributed by atoms with Crippen molar-refractivity contribution >= 4 is 11.6 Å². The molecule has 1 N–H and O–H groups in total. The summed E-state index contributed by atoms with van der Waals surface area (Å²) < 4.78 is 7.09. The Balaban J connectivity index is 1.66. The van der Waals surface area contributed by atoms with Crippen LogP contribution in [0.5, 0.6) is 0 Å². The average Bonchev–Trinajstić information content (AvgIpc) is 3.12. The maximum Gasteiger partial charge on any atom is 0.229 e. The van der Waals surface area contributed by atoms with E-state index in [4.69, 9.17) is 4.74 Å². The molecule has 1 fully saturated rings. The Morgan fingerprint density at radius 2 is 2.40 bits per heavy atom. The first-order chi connectivity index (χ1) is 9.81. The maximum absolute atomic E-state index is 12.0. The highest BCUT2D eigenvalue weighted by Crippen LogP contribution is 2.17. The molecule has 104 valence electrons. The van der Waals surface area contributed by atoms with Crippen molar-refractivity contribution in [3.05, 3.63) is 48.3 Å². The molecule has 2 heterocycles. The molecule has 0 spiro atoms. The molecule has 1 aromatic heterocycles. The van der Waals surface area contributed by atoms with Crippen LogP contribution < -0.4 is 5.32 Å². The minimum Gasteiger partial charge on any atom is -0.381 e. The summed E-state index contributed by atoms with van der Waals surface area (Å²) in [7, 11) is 0. The van der Waals surface area contributed by atoms with Gasteiger partial charge in [-0.1, -0.05) is 12.1 Å². The molecule has 1 saturated heterocycles. The van der Waals surface area contributed by atoms with Gasteiger partial charge in [-0.05, 0) is 30.2 Å². The Hall–Kier alpha value is -2.14. The second-order valence-electron chi connectivity index (χ2n) is 4.95. The third-order valence-corrected chi connectivity index (χ3v) is 3.40. The van der Waals surface area contributed by atoms with E-state index in [1.165, 1.54) is 0 Å². The Morgan fingerprint density at radius 1 is 1.45 bits per heavy atom. The molecule has 0 saturated carbocycles. The Morgan fingerprint density at radius 3 is 3.15 bits per heavy atom. The second-order valence-corrected chi connectivity index (χ2v) is 4.95. The normalized spacial score (nSPS) is 18.1. The van der Waals surface area contributed by atoms with E-state index in [9.17, 15) is 4.79 Å². The number of hydrogen-bond donors (Lipinski definition) is 1. The summed E-state index contributed by atoms with van der Waals surface area (Å²) in [6.45, 7) is 1.90. The Bertz CT molecular complexity index is 575. The molecule has 1 unspecified atom stereocenters. The predicted octanol–water partition coefficient (Wildman–Crippen LogP) is 1.91. The first-order valence-corrected chi connectivity index (χ1v) is 6.76. The molecule has 0 radical (unpaired) electrons. The van der Waals surface area contributed by atoms with E-state index in [1.54, 1.807) is 6.20 Å². The molecular weight excluding hydrogens is 254 g/mol. The number of carbonyl (C=O) groups excluding carboxylic acids is 1. The molecule has 1 aromatic carbocycles. The van der Waals surface area contributed by atoms with Crippen LogP contribution in [0.15, 0.2) is 42.7 Å². The molecule has 0 aliphatic carbocycles. The summed E-state index contributed by atoms with van der Waals surface area (Å²) in [4.78, 5) is 12.0. The van der Waals surface area contributed by atoms with Crippen LogP contribution in [0.2, 0.25) is 0 Å². The van der Waals surface area contributed by atoms with Crippen molar-refractivity contribution in [1.29, 1.82) is 0 Å². The van der Waals surface area contributed by atoms with Crippen LogP contribution in [0, 0.1) is 5.92 Å². The summed E-state index contributed by atoms with van der Waals surface area (Å²) in [6, 6.07) is 9.75. The number of amides is 1. The lowest BCUT2D eigenvalue weighted by Crippen LogP contribution is -2.22. The van der Waals surface area contributed by atoms with Gasteiger partial charge in [0.1, 0.15) is 0 Å². The number of benzene rings is 1. The molecule has 5 nitrogen and oxygen atoms in total.